The largest absolute Gasteiger partial charge is 0.368 e. The maximum Gasteiger partial charge on any atom is 0.246 e. The van der Waals surface area contributed by atoms with Crippen LogP contribution in [0.25, 0.3) is 10.9 Å². The summed E-state index contributed by atoms with van der Waals surface area (Å²) in [4.78, 5) is 13.5. The van der Waals surface area contributed by atoms with E-state index in [1.165, 1.54) is 67.8 Å². The van der Waals surface area contributed by atoms with Crippen molar-refractivity contribution in [2.45, 2.75) is 76.2 Å². The molecule has 3 N–H and O–H groups in total. The van der Waals surface area contributed by atoms with Gasteiger partial charge in [0.15, 0.2) is 0 Å². The van der Waals surface area contributed by atoms with Crippen molar-refractivity contribution in [2.24, 2.45) is 5.73 Å². The maximum atomic E-state index is 10.3. The van der Waals surface area contributed by atoms with Crippen LogP contribution >= 0.6 is 0 Å². The van der Waals surface area contributed by atoms with Gasteiger partial charge in [-0.3, -0.25) is 4.79 Å². The van der Waals surface area contributed by atoms with Gasteiger partial charge in [-0.05, 0) is 60.7 Å². The van der Waals surface area contributed by atoms with Crippen LogP contribution in [0.15, 0.2) is 30.5 Å². The lowest BCUT2D eigenvalue weighted by atomic mass is 10.0. The molecule has 1 aromatic carbocycles. The summed E-state index contributed by atoms with van der Waals surface area (Å²) >= 11 is 0. The number of nitrogens with one attached hydrogen (secondary N) is 1. The van der Waals surface area contributed by atoms with Gasteiger partial charge in [-0.15, -0.1) is 0 Å². The van der Waals surface area contributed by atoms with Crippen molar-refractivity contribution in [1.29, 1.82) is 0 Å². The number of carbonyl (C=O) groups is 1. The summed E-state index contributed by atoms with van der Waals surface area (Å²) in [6.45, 7) is 0.688. The number of hydrogen-bond acceptors (Lipinski definition) is 2. The van der Waals surface area contributed by atoms with Gasteiger partial charge in [0.25, 0.3) is 0 Å². The van der Waals surface area contributed by atoms with E-state index in [1.54, 1.807) is 0 Å². The zero-order valence-electron chi connectivity index (χ0n) is 15.7. The number of carbonyl (C=O) groups excluding carboxylic acids is 1. The molecule has 2 aromatic rings. The van der Waals surface area contributed by atoms with E-state index in [9.17, 15) is 4.79 Å². The standard InChI is InChI=1S/C11H11N.C6H12.C5H9NO2/c1-2-8(1)9-3-4-11-10(7-9)5-6-12-11;1-2-4-6-5-3-1;6-5(7)4-2-1-3-8-4/h3-8,12H,1-2H2;1-6H2;4H,1-3H2,(H2,6,7)/t;;4-/m..0/s1. The number of primary amides is 1. The van der Waals surface area contributed by atoms with Crippen LogP contribution in [-0.2, 0) is 9.53 Å². The van der Waals surface area contributed by atoms with Gasteiger partial charge in [0, 0.05) is 18.3 Å². The number of ether oxygens (including phenoxy) is 1. The Morgan fingerprint density at radius 1 is 0.962 bits per heavy atom. The summed E-state index contributed by atoms with van der Waals surface area (Å²) in [5.41, 5.74) is 7.70. The van der Waals surface area contributed by atoms with Gasteiger partial charge in [-0.2, -0.15) is 0 Å². The van der Waals surface area contributed by atoms with Gasteiger partial charge in [0.2, 0.25) is 5.91 Å². The molecular weight excluding hydrogens is 324 g/mol. The van der Waals surface area contributed by atoms with E-state index in [0.717, 1.165) is 18.8 Å². The second-order valence-corrected chi connectivity index (χ2v) is 7.62. The number of nitrogens with two attached hydrogens (primary N) is 1. The highest BCUT2D eigenvalue weighted by Crippen LogP contribution is 2.40. The van der Waals surface area contributed by atoms with Crippen molar-refractivity contribution >= 4 is 16.8 Å². The van der Waals surface area contributed by atoms with Crippen LogP contribution in [0.1, 0.15) is 75.7 Å². The molecule has 3 fully saturated rings. The molecular formula is C22H32N2O2. The van der Waals surface area contributed by atoms with E-state index in [4.69, 9.17) is 10.5 Å². The zero-order valence-corrected chi connectivity index (χ0v) is 15.7. The lowest BCUT2D eigenvalue weighted by Crippen LogP contribution is -2.27. The number of aromatic nitrogens is 1. The van der Waals surface area contributed by atoms with E-state index in [1.807, 2.05) is 6.20 Å². The van der Waals surface area contributed by atoms with Crippen LogP contribution in [0.3, 0.4) is 0 Å². The van der Waals surface area contributed by atoms with Crippen molar-refractivity contribution in [3.05, 3.63) is 36.0 Å². The van der Waals surface area contributed by atoms with Crippen LogP contribution in [0.5, 0.6) is 0 Å². The number of aromatic amines is 1. The minimum Gasteiger partial charge on any atom is -0.368 e. The molecule has 26 heavy (non-hydrogen) atoms. The van der Waals surface area contributed by atoms with Crippen LogP contribution < -0.4 is 5.73 Å². The third-order valence-electron chi connectivity index (χ3n) is 5.37. The van der Waals surface area contributed by atoms with Crippen molar-refractivity contribution in [3.63, 3.8) is 0 Å². The highest BCUT2D eigenvalue weighted by Gasteiger charge is 2.23. The molecule has 3 aliphatic rings. The molecule has 1 aliphatic heterocycles. The summed E-state index contributed by atoms with van der Waals surface area (Å²) in [5, 5.41) is 1.35. The zero-order chi connectivity index (χ0) is 18.2. The minimum atomic E-state index is -0.331. The fourth-order valence-electron chi connectivity index (χ4n) is 3.61. The second kappa shape index (κ2) is 9.77. The SMILES string of the molecule is C1CCCCC1.NC(=O)[C@@H]1CCCO1.c1cc2cc(C3CC3)ccc2[nH]1. The molecule has 4 heteroatoms. The Morgan fingerprint density at radius 3 is 2.15 bits per heavy atom. The molecule has 1 amide bonds. The quantitative estimate of drug-likeness (QED) is 0.792. The average Bonchev–Trinajstić information content (AvgIpc) is 3.19. The monoisotopic (exact) mass is 356 g/mol. The molecule has 0 unspecified atom stereocenters. The molecule has 1 saturated heterocycles. The Balaban J connectivity index is 0.000000122. The fourth-order valence-corrected chi connectivity index (χ4v) is 3.61. The second-order valence-electron chi connectivity index (χ2n) is 7.62. The lowest BCUT2D eigenvalue weighted by Gasteiger charge is -2.05. The summed E-state index contributed by atoms with van der Waals surface area (Å²) in [6, 6.07) is 8.88. The fraction of sp³-hybridized carbons (Fsp3) is 0.591. The number of rotatable bonds is 2. The smallest absolute Gasteiger partial charge is 0.246 e. The first-order chi connectivity index (χ1) is 12.7. The van der Waals surface area contributed by atoms with E-state index in [-0.39, 0.29) is 12.0 Å². The number of benzene rings is 1. The molecule has 1 aromatic heterocycles. The van der Waals surface area contributed by atoms with Gasteiger partial charge in [-0.1, -0.05) is 44.6 Å². The molecule has 2 saturated carbocycles. The van der Waals surface area contributed by atoms with E-state index in [2.05, 4.69) is 29.2 Å². The lowest BCUT2D eigenvalue weighted by molar-refractivity contribution is -0.126. The number of hydrogen-bond donors (Lipinski definition) is 2. The van der Waals surface area contributed by atoms with Gasteiger partial charge in [0.1, 0.15) is 6.10 Å². The summed E-state index contributed by atoms with van der Waals surface area (Å²) in [7, 11) is 0. The number of fused-ring (bicyclic) bond motifs is 1. The third kappa shape index (κ3) is 5.87. The first-order valence-electron chi connectivity index (χ1n) is 10.2. The predicted octanol–water partition coefficient (Wildman–Crippen LogP) is 5.04. The van der Waals surface area contributed by atoms with Crippen molar-refractivity contribution in [2.75, 3.05) is 6.61 Å². The molecule has 142 valence electrons. The normalized spacial score (nSPS) is 22.1. The van der Waals surface area contributed by atoms with Gasteiger partial charge in [0.05, 0.1) is 0 Å². The van der Waals surface area contributed by atoms with Crippen molar-refractivity contribution in [1.82, 2.24) is 4.98 Å². The van der Waals surface area contributed by atoms with Crippen molar-refractivity contribution in [3.8, 4) is 0 Å². The summed E-state index contributed by atoms with van der Waals surface area (Å²) < 4.78 is 4.94. The van der Waals surface area contributed by atoms with Crippen molar-refractivity contribution < 1.29 is 9.53 Å². The first kappa shape index (κ1) is 19.0. The van der Waals surface area contributed by atoms with Crippen LogP contribution in [0.4, 0.5) is 0 Å². The van der Waals surface area contributed by atoms with Gasteiger partial charge >= 0.3 is 0 Å². The maximum absolute atomic E-state index is 10.3. The van der Waals surface area contributed by atoms with Gasteiger partial charge in [-0.25, -0.2) is 0 Å². The average molecular weight is 357 g/mol. The molecule has 2 heterocycles. The van der Waals surface area contributed by atoms with E-state index in [0.29, 0.717) is 6.61 Å². The number of amides is 1. The minimum absolute atomic E-state index is 0.296. The Kier molecular flexibility index (Phi) is 7.13. The highest BCUT2D eigenvalue weighted by molar-refractivity contribution is 5.80. The molecule has 0 radical (unpaired) electrons. The molecule has 4 nitrogen and oxygen atoms in total. The van der Waals surface area contributed by atoms with E-state index >= 15 is 0 Å². The highest BCUT2D eigenvalue weighted by atomic mass is 16.5. The molecule has 5 rings (SSSR count). The molecule has 0 bridgehead atoms. The predicted molar refractivity (Wildman–Crippen MR) is 106 cm³/mol. The van der Waals surface area contributed by atoms with E-state index < -0.39 is 0 Å². The Bertz CT molecular complexity index is 669. The van der Waals surface area contributed by atoms with Crippen LogP contribution in [0.2, 0.25) is 0 Å². The van der Waals surface area contributed by atoms with Crippen LogP contribution in [0, 0.1) is 0 Å². The Labute approximate surface area is 156 Å². The Hall–Kier alpha value is -1.81. The van der Waals surface area contributed by atoms with Gasteiger partial charge < -0.3 is 15.5 Å². The number of H-pyrrole nitrogens is 1. The third-order valence-corrected chi connectivity index (χ3v) is 5.37. The van der Waals surface area contributed by atoms with Crippen LogP contribution in [-0.4, -0.2) is 23.6 Å². The molecule has 0 spiro atoms. The molecule has 2 aliphatic carbocycles. The Morgan fingerprint density at radius 2 is 1.65 bits per heavy atom. The summed E-state index contributed by atoms with van der Waals surface area (Å²) in [6.07, 6.45) is 15.2. The molecule has 1 atom stereocenters. The first-order valence-corrected chi connectivity index (χ1v) is 10.2. The summed E-state index contributed by atoms with van der Waals surface area (Å²) in [5.74, 6) is 0.534. The topological polar surface area (TPSA) is 68.1 Å².